The first-order valence-electron chi connectivity index (χ1n) is 4.97. The van der Waals surface area contributed by atoms with Crippen molar-refractivity contribution in [1.29, 1.82) is 5.26 Å². The van der Waals surface area contributed by atoms with Gasteiger partial charge < -0.3 is 9.84 Å². The van der Waals surface area contributed by atoms with Crippen molar-refractivity contribution in [3.63, 3.8) is 0 Å². The molecular formula is C12H13NO3. The van der Waals surface area contributed by atoms with Crippen LogP contribution in [-0.4, -0.2) is 17.7 Å². The van der Waals surface area contributed by atoms with Gasteiger partial charge in [0.25, 0.3) is 0 Å². The van der Waals surface area contributed by atoms with Gasteiger partial charge in [-0.05, 0) is 25.5 Å². The first-order valence-corrected chi connectivity index (χ1v) is 4.97. The third-order valence-electron chi connectivity index (χ3n) is 2.27. The number of ether oxygens (including phenoxy) is 1. The molecule has 0 spiro atoms. The Morgan fingerprint density at radius 1 is 1.56 bits per heavy atom. The average molecular weight is 219 g/mol. The van der Waals surface area contributed by atoms with Crippen molar-refractivity contribution in [3.05, 3.63) is 28.8 Å². The van der Waals surface area contributed by atoms with Crippen LogP contribution < -0.4 is 0 Å². The van der Waals surface area contributed by atoms with E-state index in [9.17, 15) is 9.90 Å². The van der Waals surface area contributed by atoms with Gasteiger partial charge in [-0.2, -0.15) is 5.26 Å². The fourth-order valence-corrected chi connectivity index (χ4v) is 1.43. The molecule has 0 unspecified atom stereocenters. The number of aromatic hydroxyl groups is 1. The molecular weight excluding hydrogens is 206 g/mol. The molecule has 0 amide bonds. The molecule has 0 radical (unpaired) electrons. The number of hydrogen-bond acceptors (Lipinski definition) is 4. The summed E-state index contributed by atoms with van der Waals surface area (Å²) in [5.41, 5.74) is 1.41. The van der Waals surface area contributed by atoms with Crippen LogP contribution in [0.2, 0.25) is 0 Å². The van der Waals surface area contributed by atoms with Gasteiger partial charge in [0.1, 0.15) is 5.75 Å². The summed E-state index contributed by atoms with van der Waals surface area (Å²) >= 11 is 0. The smallest absolute Gasteiger partial charge is 0.310 e. The Morgan fingerprint density at radius 2 is 2.25 bits per heavy atom. The van der Waals surface area contributed by atoms with Crippen LogP contribution in [-0.2, 0) is 16.0 Å². The van der Waals surface area contributed by atoms with Crippen molar-refractivity contribution in [2.24, 2.45) is 0 Å². The monoisotopic (exact) mass is 219 g/mol. The van der Waals surface area contributed by atoms with Gasteiger partial charge >= 0.3 is 5.97 Å². The van der Waals surface area contributed by atoms with Crippen molar-refractivity contribution < 1.29 is 14.6 Å². The van der Waals surface area contributed by atoms with Crippen molar-refractivity contribution in [2.45, 2.75) is 20.3 Å². The summed E-state index contributed by atoms with van der Waals surface area (Å²) in [4.78, 5) is 11.3. The number of nitriles is 1. The molecule has 0 aromatic heterocycles. The first kappa shape index (κ1) is 12.1. The Morgan fingerprint density at radius 3 is 2.81 bits per heavy atom. The number of phenolic OH excluding ortho intramolecular Hbond substituents is 1. The summed E-state index contributed by atoms with van der Waals surface area (Å²) in [5, 5.41) is 18.4. The van der Waals surface area contributed by atoms with Crippen molar-refractivity contribution in [3.8, 4) is 11.8 Å². The van der Waals surface area contributed by atoms with E-state index in [-0.39, 0.29) is 18.1 Å². The van der Waals surface area contributed by atoms with Gasteiger partial charge in [-0.3, -0.25) is 4.79 Å². The Hall–Kier alpha value is -2.02. The number of rotatable bonds is 3. The standard InChI is InChI=1S/C12H13NO3/c1-3-16-12(15)6-9-4-5-11(14)8(2)10(9)7-13/h4-5,14H,3,6H2,1-2H3. The lowest BCUT2D eigenvalue weighted by Gasteiger charge is -2.07. The van der Waals surface area contributed by atoms with Crippen molar-refractivity contribution in [2.75, 3.05) is 6.61 Å². The Balaban J connectivity index is 3.02. The van der Waals surface area contributed by atoms with Gasteiger partial charge in [-0.15, -0.1) is 0 Å². The molecule has 0 aliphatic carbocycles. The van der Waals surface area contributed by atoms with E-state index in [2.05, 4.69) is 0 Å². The molecule has 1 aromatic rings. The predicted molar refractivity (Wildman–Crippen MR) is 57.9 cm³/mol. The van der Waals surface area contributed by atoms with Crippen LogP contribution in [0.4, 0.5) is 0 Å². The van der Waals surface area contributed by atoms with Gasteiger partial charge in [0.2, 0.25) is 0 Å². The zero-order valence-electron chi connectivity index (χ0n) is 9.28. The molecule has 4 heteroatoms. The maximum Gasteiger partial charge on any atom is 0.310 e. The quantitative estimate of drug-likeness (QED) is 0.785. The van der Waals surface area contributed by atoms with E-state index >= 15 is 0 Å². The highest BCUT2D eigenvalue weighted by Gasteiger charge is 2.12. The molecule has 0 fully saturated rings. The highest BCUT2D eigenvalue weighted by atomic mass is 16.5. The van der Waals surface area contributed by atoms with Crippen LogP contribution in [0.25, 0.3) is 0 Å². The normalized spacial score (nSPS) is 9.56. The number of carbonyl (C=O) groups is 1. The van der Waals surface area contributed by atoms with E-state index in [0.29, 0.717) is 23.3 Å². The summed E-state index contributed by atoms with van der Waals surface area (Å²) in [6, 6.07) is 5.03. The van der Waals surface area contributed by atoms with Gasteiger partial charge in [0.15, 0.2) is 0 Å². The highest BCUT2D eigenvalue weighted by molar-refractivity contribution is 5.74. The molecule has 4 nitrogen and oxygen atoms in total. The second-order valence-electron chi connectivity index (χ2n) is 3.34. The molecule has 0 aliphatic rings. The van der Waals surface area contributed by atoms with Crippen LogP contribution in [0.15, 0.2) is 12.1 Å². The molecule has 0 bridgehead atoms. The summed E-state index contributed by atoms with van der Waals surface area (Å²) < 4.78 is 4.80. The van der Waals surface area contributed by atoms with Gasteiger partial charge in [0, 0.05) is 5.56 Å². The molecule has 0 aliphatic heterocycles. The number of benzene rings is 1. The Kier molecular flexibility index (Phi) is 3.90. The number of hydrogen-bond donors (Lipinski definition) is 1. The lowest BCUT2D eigenvalue weighted by atomic mass is 10.00. The third-order valence-corrected chi connectivity index (χ3v) is 2.27. The molecule has 1 N–H and O–H groups in total. The lowest BCUT2D eigenvalue weighted by Crippen LogP contribution is -2.09. The van der Waals surface area contributed by atoms with Crippen LogP contribution >= 0.6 is 0 Å². The van der Waals surface area contributed by atoms with E-state index in [1.807, 2.05) is 6.07 Å². The van der Waals surface area contributed by atoms with Gasteiger partial charge in [-0.25, -0.2) is 0 Å². The van der Waals surface area contributed by atoms with E-state index in [1.165, 1.54) is 6.07 Å². The lowest BCUT2D eigenvalue weighted by molar-refractivity contribution is -0.142. The molecule has 1 rings (SSSR count). The van der Waals surface area contributed by atoms with Crippen LogP contribution in [0, 0.1) is 18.3 Å². The zero-order valence-corrected chi connectivity index (χ0v) is 9.28. The maximum atomic E-state index is 11.3. The molecule has 1 aromatic carbocycles. The first-order chi connectivity index (χ1) is 7.60. The second kappa shape index (κ2) is 5.17. The van der Waals surface area contributed by atoms with E-state index in [0.717, 1.165) is 0 Å². The summed E-state index contributed by atoms with van der Waals surface area (Å²) in [6.07, 6.45) is 0.0534. The van der Waals surface area contributed by atoms with E-state index in [4.69, 9.17) is 10.00 Å². The fraction of sp³-hybridized carbons (Fsp3) is 0.333. The highest BCUT2D eigenvalue weighted by Crippen LogP contribution is 2.23. The molecule has 0 saturated carbocycles. The summed E-state index contributed by atoms with van der Waals surface area (Å²) in [5.74, 6) is -0.312. The molecule has 0 saturated heterocycles. The minimum Gasteiger partial charge on any atom is -0.508 e. The van der Waals surface area contributed by atoms with Crippen LogP contribution in [0.1, 0.15) is 23.6 Å². The van der Waals surface area contributed by atoms with Crippen molar-refractivity contribution >= 4 is 5.97 Å². The number of phenols is 1. The minimum atomic E-state index is -0.371. The van der Waals surface area contributed by atoms with Crippen molar-refractivity contribution in [1.82, 2.24) is 0 Å². The van der Waals surface area contributed by atoms with Crippen LogP contribution in [0.3, 0.4) is 0 Å². The van der Waals surface area contributed by atoms with Gasteiger partial charge in [-0.1, -0.05) is 6.07 Å². The number of esters is 1. The minimum absolute atomic E-state index is 0.0534. The largest absolute Gasteiger partial charge is 0.508 e. The average Bonchev–Trinajstić information content (AvgIpc) is 2.24. The zero-order chi connectivity index (χ0) is 12.1. The fourth-order valence-electron chi connectivity index (χ4n) is 1.43. The van der Waals surface area contributed by atoms with Crippen LogP contribution in [0.5, 0.6) is 5.75 Å². The predicted octanol–water partition coefficient (Wildman–Crippen LogP) is 1.68. The Labute approximate surface area is 94.1 Å². The summed E-state index contributed by atoms with van der Waals surface area (Å²) in [7, 11) is 0. The second-order valence-corrected chi connectivity index (χ2v) is 3.34. The van der Waals surface area contributed by atoms with Gasteiger partial charge in [0.05, 0.1) is 24.7 Å². The SMILES string of the molecule is CCOC(=O)Cc1ccc(O)c(C)c1C#N. The van der Waals surface area contributed by atoms with E-state index in [1.54, 1.807) is 19.9 Å². The molecule has 16 heavy (non-hydrogen) atoms. The number of nitrogens with zero attached hydrogens (tertiary/aromatic N) is 1. The molecule has 0 heterocycles. The molecule has 0 atom stereocenters. The topological polar surface area (TPSA) is 70.3 Å². The molecule has 84 valence electrons. The Bertz CT molecular complexity index is 446. The van der Waals surface area contributed by atoms with E-state index < -0.39 is 0 Å². The summed E-state index contributed by atoms with van der Waals surface area (Å²) in [6.45, 7) is 3.69. The third kappa shape index (κ3) is 2.51. The maximum absolute atomic E-state index is 11.3. The number of carbonyl (C=O) groups excluding carboxylic acids is 1.